The topological polar surface area (TPSA) is 50.9 Å². The molecule has 0 aliphatic carbocycles. The number of aromatic nitrogens is 3. The number of pyridine rings is 1. The first-order valence-electron chi connectivity index (χ1n) is 29.9. The molecule has 4 nitrogen and oxygen atoms in total. The lowest BCUT2D eigenvalue weighted by molar-refractivity contribution is 0.446. The number of aromatic hydroxyl groups is 1. The molecule has 0 saturated heterocycles. The number of hydrogen-bond acceptors (Lipinski definition) is 3. The van der Waals surface area contributed by atoms with E-state index in [9.17, 15) is 5.11 Å². The van der Waals surface area contributed by atoms with E-state index in [2.05, 4.69) is 26.8 Å². The number of aryl methyl sites for hydroxylation is 1. The molecular formula is C67H63N3O. The quantitative estimate of drug-likeness (QED) is 0.165. The van der Waals surface area contributed by atoms with Crippen LogP contribution in [0.1, 0.15) is 101 Å². The van der Waals surface area contributed by atoms with Crippen LogP contribution in [0.15, 0.2) is 194 Å². The minimum Gasteiger partial charge on any atom is -0.507 e. The molecular weight excluding hydrogens is 863 g/mol. The van der Waals surface area contributed by atoms with Crippen molar-refractivity contribution in [3.05, 3.63) is 217 Å². The molecule has 0 amide bonds. The number of hydrogen-bond donors (Lipinski definition) is 1. The summed E-state index contributed by atoms with van der Waals surface area (Å²) in [5.74, 6) is 0.367. The highest BCUT2D eigenvalue weighted by Crippen LogP contribution is 2.46. The zero-order valence-electron chi connectivity index (χ0n) is 52.8. The molecule has 0 aliphatic rings. The van der Waals surface area contributed by atoms with E-state index in [0.29, 0.717) is 72.7 Å². The SMILES string of the molecule is [2H]C([2H])([2H])c1cc(-c2ccccc2)ccc1-n1c(-c2cc(C(C)(C)C)cc(C(C)(C)C)c2O)nc2c(-c3cc(-c4ccccc4)cc(-c4cc(-c5cc(-c6ccccc6)cc(C(C([2H])([2H])[2H])(C([2H])([2H])[2H])C([2H])([2H])[2H])c5)ccn4)c3)cccc21. The Morgan fingerprint density at radius 1 is 0.451 bits per heavy atom. The van der Waals surface area contributed by atoms with Crippen LogP contribution in [0.4, 0.5) is 0 Å². The summed E-state index contributed by atoms with van der Waals surface area (Å²) in [6, 6.07) is 57.7. The smallest absolute Gasteiger partial charge is 0.149 e. The van der Waals surface area contributed by atoms with Gasteiger partial charge < -0.3 is 5.11 Å². The van der Waals surface area contributed by atoms with Gasteiger partial charge in [0.2, 0.25) is 0 Å². The Hall–Kier alpha value is -7.82. The molecule has 0 atom stereocenters. The van der Waals surface area contributed by atoms with Gasteiger partial charge in [-0.2, -0.15) is 0 Å². The van der Waals surface area contributed by atoms with E-state index in [1.807, 2.05) is 153 Å². The largest absolute Gasteiger partial charge is 0.507 e. The number of nitrogens with zero attached hydrogens (tertiary/aromatic N) is 3. The van der Waals surface area contributed by atoms with E-state index in [4.69, 9.17) is 26.4 Å². The molecule has 0 bridgehead atoms. The summed E-state index contributed by atoms with van der Waals surface area (Å²) >= 11 is 0. The molecule has 0 radical (unpaired) electrons. The van der Waals surface area contributed by atoms with Crippen molar-refractivity contribution in [2.75, 3.05) is 0 Å². The van der Waals surface area contributed by atoms with Gasteiger partial charge in [0.1, 0.15) is 11.6 Å². The Bertz CT molecular complexity index is 4020. The summed E-state index contributed by atoms with van der Waals surface area (Å²) in [5.41, 5.74) is 6.90. The lowest BCUT2D eigenvalue weighted by atomic mass is 9.79. The van der Waals surface area contributed by atoms with Crippen molar-refractivity contribution in [2.45, 2.75) is 85.2 Å². The van der Waals surface area contributed by atoms with Gasteiger partial charge in [-0.25, -0.2) is 4.98 Å². The van der Waals surface area contributed by atoms with Gasteiger partial charge in [0.05, 0.1) is 28.0 Å². The summed E-state index contributed by atoms with van der Waals surface area (Å²) in [5, 5.41) is 12.6. The van der Waals surface area contributed by atoms with Gasteiger partial charge in [-0.15, -0.1) is 0 Å². The number of benzene rings is 8. The lowest BCUT2D eigenvalue weighted by Crippen LogP contribution is -2.17. The monoisotopic (exact) mass is 938 g/mol. The fourth-order valence-electron chi connectivity index (χ4n) is 9.41. The highest BCUT2D eigenvalue weighted by Gasteiger charge is 2.29. The number of imidazole rings is 1. The summed E-state index contributed by atoms with van der Waals surface area (Å²) in [7, 11) is 0. The summed E-state index contributed by atoms with van der Waals surface area (Å²) in [4.78, 5) is 10.4. The third kappa shape index (κ3) is 9.35. The van der Waals surface area contributed by atoms with Crippen LogP contribution in [-0.4, -0.2) is 19.6 Å². The predicted octanol–water partition coefficient (Wildman–Crippen LogP) is 18.0. The zero-order chi connectivity index (χ0) is 59.8. The van der Waals surface area contributed by atoms with Gasteiger partial charge in [-0.3, -0.25) is 9.55 Å². The van der Waals surface area contributed by atoms with Crippen LogP contribution in [0.3, 0.4) is 0 Å². The van der Waals surface area contributed by atoms with Crippen LogP contribution in [0.5, 0.6) is 5.75 Å². The molecule has 10 aromatic rings. The lowest BCUT2D eigenvalue weighted by Gasteiger charge is -2.27. The molecule has 0 spiro atoms. The fourth-order valence-corrected chi connectivity index (χ4v) is 9.41. The maximum atomic E-state index is 12.6. The standard InChI is InChI=1S/C67H63N3O/c1-43-33-47(44-21-14-11-15-22-44)29-30-60(43)70-61-28-20-27-56(62(61)69-64(70)57-41-55(66(5,6)7)42-58(63(57)71)67(8,9)10)52-35-49(45-23-16-12-17-24-45)36-53(37-52)59-40-48(31-32-68-59)51-34-50(46-25-18-13-19-26-46)38-54(39-51)65(2,3)4/h11-42,71H,1-10H3/i1D3,2D3,3D3,4D3. The molecule has 71 heavy (non-hydrogen) atoms. The van der Waals surface area contributed by atoms with Gasteiger partial charge in [0.15, 0.2) is 0 Å². The molecule has 2 aromatic heterocycles. The van der Waals surface area contributed by atoms with Crippen LogP contribution in [0.25, 0.3) is 95.0 Å². The van der Waals surface area contributed by atoms with Crippen molar-refractivity contribution in [3.8, 4) is 89.7 Å². The van der Waals surface area contributed by atoms with Crippen LogP contribution in [-0.2, 0) is 16.2 Å². The summed E-state index contributed by atoms with van der Waals surface area (Å²) in [6.07, 6.45) is 1.60. The Morgan fingerprint density at radius 3 is 1.63 bits per heavy atom. The number of fused-ring (bicyclic) bond motifs is 1. The molecule has 2 heterocycles. The van der Waals surface area contributed by atoms with Gasteiger partial charge in [0.25, 0.3) is 0 Å². The van der Waals surface area contributed by atoms with Gasteiger partial charge in [0, 0.05) is 39.3 Å². The van der Waals surface area contributed by atoms with Crippen molar-refractivity contribution >= 4 is 11.0 Å². The maximum absolute atomic E-state index is 12.6. The van der Waals surface area contributed by atoms with Crippen LogP contribution in [0, 0.1) is 6.85 Å². The van der Waals surface area contributed by atoms with Crippen molar-refractivity contribution in [3.63, 3.8) is 0 Å². The molecule has 4 heteroatoms. The van der Waals surface area contributed by atoms with Crippen molar-refractivity contribution in [2.24, 2.45) is 0 Å². The number of phenols is 1. The highest BCUT2D eigenvalue weighted by atomic mass is 16.3. The molecule has 352 valence electrons. The average Bonchev–Trinajstić information content (AvgIpc) is 1.66. The van der Waals surface area contributed by atoms with E-state index >= 15 is 0 Å². The molecule has 10 rings (SSSR count). The Kier molecular flexibility index (Phi) is 8.82. The van der Waals surface area contributed by atoms with Gasteiger partial charge in [-0.05, 0) is 151 Å². The number of para-hydroxylation sites is 1. The van der Waals surface area contributed by atoms with E-state index < -0.39 is 38.2 Å². The molecule has 0 fully saturated rings. The molecule has 0 saturated carbocycles. The first kappa shape index (κ1) is 34.5. The Balaban J connectivity index is 1.24. The third-order valence-electron chi connectivity index (χ3n) is 13.3. The van der Waals surface area contributed by atoms with Gasteiger partial charge >= 0.3 is 0 Å². The predicted molar refractivity (Wildman–Crippen MR) is 299 cm³/mol. The van der Waals surface area contributed by atoms with Crippen LogP contribution < -0.4 is 0 Å². The maximum Gasteiger partial charge on any atom is 0.149 e. The van der Waals surface area contributed by atoms with Crippen LogP contribution in [0.2, 0.25) is 0 Å². The Labute approximate surface area is 437 Å². The van der Waals surface area contributed by atoms with E-state index in [0.717, 1.165) is 33.4 Å². The zero-order valence-corrected chi connectivity index (χ0v) is 40.8. The minimum atomic E-state index is -3.50. The van der Waals surface area contributed by atoms with Crippen molar-refractivity contribution in [1.29, 1.82) is 0 Å². The summed E-state index contributed by atoms with van der Waals surface area (Å²) < 4.78 is 107. The normalized spacial score (nSPS) is 15.4. The Morgan fingerprint density at radius 2 is 1.01 bits per heavy atom. The summed E-state index contributed by atoms with van der Waals surface area (Å²) in [6.45, 7) is -0.622. The first-order chi connectivity index (χ1) is 38.9. The second-order valence-electron chi connectivity index (χ2n) is 20.5. The highest BCUT2D eigenvalue weighted by molar-refractivity contribution is 5.98. The number of rotatable bonds is 8. The minimum absolute atomic E-state index is 0.0293. The second kappa shape index (κ2) is 18.2. The number of phenolic OH excluding ortho intramolecular Hbond substituents is 1. The average molecular weight is 938 g/mol. The molecule has 0 unspecified atom stereocenters. The molecule has 8 aromatic carbocycles. The van der Waals surface area contributed by atoms with Crippen LogP contribution >= 0.6 is 0 Å². The van der Waals surface area contributed by atoms with E-state index in [1.54, 1.807) is 48.7 Å². The second-order valence-corrected chi connectivity index (χ2v) is 20.5. The van der Waals surface area contributed by atoms with Gasteiger partial charge in [-0.1, -0.05) is 189 Å². The molecule has 1 N–H and O–H groups in total. The first-order valence-corrected chi connectivity index (χ1v) is 23.9. The van der Waals surface area contributed by atoms with E-state index in [-0.39, 0.29) is 22.3 Å². The van der Waals surface area contributed by atoms with Crippen molar-refractivity contribution in [1.82, 2.24) is 14.5 Å². The van der Waals surface area contributed by atoms with Crippen molar-refractivity contribution < 1.29 is 21.6 Å². The third-order valence-corrected chi connectivity index (χ3v) is 13.3. The van der Waals surface area contributed by atoms with E-state index in [1.165, 1.54) is 12.1 Å². The molecule has 0 aliphatic heterocycles. The fraction of sp³-hybridized carbons (Fsp3) is 0.194.